The van der Waals surface area contributed by atoms with E-state index in [0.29, 0.717) is 12.7 Å². The van der Waals surface area contributed by atoms with Crippen molar-refractivity contribution in [3.8, 4) is 5.75 Å². The molecule has 18 heavy (non-hydrogen) atoms. The highest BCUT2D eigenvalue weighted by Gasteiger charge is 2.23. The maximum Gasteiger partial charge on any atom is 0.120 e. The van der Waals surface area contributed by atoms with Crippen molar-refractivity contribution in [3.05, 3.63) is 29.8 Å². The predicted octanol–water partition coefficient (Wildman–Crippen LogP) is 3.08. The summed E-state index contributed by atoms with van der Waals surface area (Å²) in [5.41, 5.74) is 0.612. The number of aliphatic hydroxyl groups excluding tert-OH is 1. The largest absolute Gasteiger partial charge is 0.490 e. The van der Waals surface area contributed by atoms with Crippen LogP contribution in [0.25, 0.3) is 0 Å². The Hall–Kier alpha value is -1.06. The van der Waals surface area contributed by atoms with Crippen LogP contribution < -0.4 is 4.74 Å². The van der Waals surface area contributed by atoms with E-state index in [2.05, 4.69) is 0 Å². The molecule has 1 unspecified atom stereocenters. The molecule has 1 atom stereocenters. The van der Waals surface area contributed by atoms with Crippen molar-refractivity contribution in [2.45, 2.75) is 51.4 Å². The van der Waals surface area contributed by atoms with Crippen LogP contribution in [0, 0.1) is 0 Å². The van der Waals surface area contributed by atoms with Gasteiger partial charge in [-0.3, -0.25) is 0 Å². The van der Waals surface area contributed by atoms with Crippen LogP contribution in [0.4, 0.5) is 0 Å². The van der Waals surface area contributed by atoms with E-state index in [4.69, 9.17) is 9.47 Å². The van der Waals surface area contributed by atoms with Crippen LogP contribution in [-0.4, -0.2) is 23.4 Å². The van der Waals surface area contributed by atoms with Crippen LogP contribution >= 0.6 is 0 Å². The molecule has 3 nitrogen and oxygen atoms in total. The normalized spacial score (nSPS) is 17.6. The molecule has 2 rings (SSSR count). The van der Waals surface area contributed by atoms with Gasteiger partial charge in [0.15, 0.2) is 0 Å². The summed E-state index contributed by atoms with van der Waals surface area (Å²) in [6.45, 7) is 6.24. The van der Waals surface area contributed by atoms with Gasteiger partial charge >= 0.3 is 0 Å². The van der Waals surface area contributed by atoms with Gasteiger partial charge in [-0.25, -0.2) is 0 Å². The van der Waals surface area contributed by atoms with Crippen LogP contribution in [0.3, 0.4) is 0 Å². The first-order chi connectivity index (χ1) is 8.44. The lowest BCUT2D eigenvalue weighted by molar-refractivity contribution is -0.0496. The summed E-state index contributed by atoms with van der Waals surface area (Å²) in [7, 11) is 0. The first-order valence-electron chi connectivity index (χ1n) is 6.53. The molecule has 0 radical (unpaired) electrons. The quantitative estimate of drug-likeness (QED) is 0.872. The summed E-state index contributed by atoms with van der Waals surface area (Å²) < 4.78 is 11.3. The average molecular weight is 250 g/mol. The van der Waals surface area contributed by atoms with Gasteiger partial charge in [0.2, 0.25) is 0 Å². The maximum absolute atomic E-state index is 10.1. The third-order valence-corrected chi connectivity index (χ3v) is 2.74. The third-order valence-electron chi connectivity index (χ3n) is 2.74. The number of hydrogen-bond donors (Lipinski definition) is 1. The molecule has 3 heteroatoms. The minimum atomic E-state index is -0.605. The fourth-order valence-corrected chi connectivity index (χ4v) is 1.60. The van der Waals surface area contributed by atoms with Crippen molar-refractivity contribution in [2.24, 2.45) is 0 Å². The number of aliphatic hydroxyl groups is 1. The van der Waals surface area contributed by atoms with Gasteiger partial charge in [0.05, 0.1) is 18.3 Å². The van der Waals surface area contributed by atoms with Crippen LogP contribution in [-0.2, 0) is 4.74 Å². The van der Waals surface area contributed by atoms with Crippen molar-refractivity contribution >= 4 is 0 Å². The standard InChI is InChI=1S/C15H22O3/c1-15(2,3)17-10-14(16)11-5-4-6-13(9-11)18-12-7-8-12/h4-6,9,12,14,16H,7-8,10H2,1-3H3. The zero-order valence-electron chi connectivity index (χ0n) is 11.3. The SMILES string of the molecule is CC(C)(C)OCC(O)c1cccc(OC2CC2)c1. The molecule has 1 aliphatic rings. The fourth-order valence-electron chi connectivity index (χ4n) is 1.60. The summed E-state index contributed by atoms with van der Waals surface area (Å²) in [4.78, 5) is 0. The van der Waals surface area contributed by atoms with Crippen molar-refractivity contribution in [1.29, 1.82) is 0 Å². The molecule has 0 saturated heterocycles. The summed E-state index contributed by atoms with van der Waals surface area (Å²) in [6.07, 6.45) is 2.05. The fraction of sp³-hybridized carbons (Fsp3) is 0.600. The Bertz CT molecular complexity index is 391. The third kappa shape index (κ3) is 4.31. The molecule has 1 aromatic rings. The Labute approximate surface area is 109 Å². The maximum atomic E-state index is 10.1. The van der Waals surface area contributed by atoms with E-state index >= 15 is 0 Å². The van der Waals surface area contributed by atoms with Crippen LogP contribution in [0.15, 0.2) is 24.3 Å². The Morgan fingerprint density at radius 3 is 2.67 bits per heavy atom. The predicted molar refractivity (Wildman–Crippen MR) is 70.8 cm³/mol. The monoisotopic (exact) mass is 250 g/mol. The molecule has 1 fully saturated rings. The highest BCUT2D eigenvalue weighted by molar-refractivity contribution is 5.30. The van der Waals surface area contributed by atoms with E-state index in [9.17, 15) is 5.11 Å². The van der Waals surface area contributed by atoms with E-state index in [-0.39, 0.29) is 5.60 Å². The van der Waals surface area contributed by atoms with E-state index in [1.807, 2.05) is 45.0 Å². The molecule has 1 saturated carbocycles. The van der Waals surface area contributed by atoms with Crippen LogP contribution in [0.2, 0.25) is 0 Å². The molecule has 1 aliphatic carbocycles. The van der Waals surface area contributed by atoms with E-state index in [1.54, 1.807) is 0 Å². The Morgan fingerprint density at radius 1 is 1.33 bits per heavy atom. The van der Waals surface area contributed by atoms with Crippen molar-refractivity contribution < 1.29 is 14.6 Å². The van der Waals surface area contributed by atoms with Gasteiger partial charge in [-0.15, -0.1) is 0 Å². The number of ether oxygens (including phenoxy) is 2. The summed E-state index contributed by atoms with van der Waals surface area (Å²) in [6, 6.07) is 7.64. The molecule has 1 N–H and O–H groups in total. The van der Waals surface area contributed by atoms with Crippen molar-refractivity contribution in [1.82, 2.24) is 0 Å². The summed E-state index contributed by atoms with van der Waals surface area (Å²) in [5, 5.41) is 10.1. The molecular weight excluding hydrogens is 228 g/mol. The Balaban J connectivity index is 1.93. The van der Waals surface area contributed by atoms with Gasteiger partial charge in [-0.2, -0.15) is 0 Å². The molecule has 1 aromatic carbocycles. The van der Waals surface area contributed by atoms with Crippen molar-refractivity contribution in [2.75, 3.05) is 6.61 Å². The lowest BCUT2D eigenvalue weighted by Crippen LogP contribution is -2.22. The molecule has 0 heterocycles. The molecule has 100 valence electrons. The Morgan fingerprint density at radius 2 is 2.06 bits per heavy atom. The van der Waals surface area contributed by atoms with E-state index in [0.717, 1.165) is 24.2 Å². The topological polar surface area (TPSA) is 38.7 Å². The average Bonchev–Trinajstić information content (AvgIpc) is 3.09. The van der Waals surface area contributed by atoms with E-state index in [1.165, 1.54) is 0 Å². The molecule has 0 amide bonds. The van der Waals surface area contributed by atoms with Gasteiger partial charge in [-0.05, 0) is 51.3 Å². The molecular formula is C15H22O3. The van der Waals surface area contributed by atoms with E-state index < -0.39 is 6.10 Å². The number of rotatable bonds is 5. The van der Waals surface area contributed by atoms with Gasteiger partial charge in [-0.1, -0.05) is 12.1 Å². The Kier molecular flexibility index (Phi) is 3.93. The first-order valence-corrected chi connectivity index (χ1v) is 6.53. The van der Waals surface area contributed by atoms with Gasteiger partial charge in [0.25, 0.3) is 0 Å². The molecule has 0 aliphatic heterocycles. The molecule has 0 bridgehead atoms. The number of hydrogen-bond acceptors (Lipinski definition) is 3. The zero-order valence-corrected chi connectivity index (χ0v) is 11.3. The van der Waals surface area contributed by atoms with Gasteiger partial charge < -0.3 is 14.6 Å². The molecule has 0 spiro atoms. The highest BCUT2D eigenvalue weighted by atomic mass is 16.5. The summed E-state index contributed by atoms with van der Waals surface area (Å²) >= 11 is 0. The second-order valence-corrected chi connectivity index (χ2v) is 5.83. The van der Waals surface area contributed by atoms with Gasteiger partial charge in [0, 0.05) is 0 Å². The second-order valence-electron chi connectivity index (χ2n) is 5.83. The second kappa shape index (κ2) is 5.29. The number of benzene rings is 1. The zero-order chi connectivity index (χ0) is 13.2. The van der Waals surface area contributed by atoms with Gasteiger partial charge in [0.1, 0.15) is 11.9 Å². The smallest absolute Gasteiger partial charge is 0.120 e. The highest BCUT2D eigenvalue weighted by Crippen LogP contribution is 2.28. The summed E-state index contributed by atoms with van der Waals surface area (Å²) in [5.74, 6) is 0.838. The first kappa shape index (κ1) is 13.4. The minimum absolute atomic E-state index is 0.233. The van der Waals surface area contributed by atoms with Crippen molar-refractivity contribution in [3.63, 3.8) is 0 Å². The van der Waals surface area contributed by atoms with Crippen LogP contribution in [0.1, 0.15) is 45.3 Å². The minimum Gasteiger partial charge on any atom is -0.490 e. The lowest BCUT2D eigenvalue weighted by atomic mass is 10.1. The lowest BCUT2D eigenvalue weighted by Gasteiger charge is -2.22. The van der Waals surface area contributed by atoms with Crippen LogP contribution in [0.5, 0.6) is 5.75 Å². The molecule has 0 aromatic heterocycles.